The van der Waals surface area contributed by atoms with Gasteiger partial charge in [0.1, 0.15) is 18.1 Å². The van der Waals surface area contributed by atoms with Crippen molar-refractivity contribution in [1.82, 2.24) is 4.57 Å². The Bertz CT molecular complexity index is 1320. The summed E-state index contributed by atoms with van der Waals surface area (Å²) in [5.74, 6) is -0.685. The minimum Gasteiger partial charge on any atom is -0.447 e. The van der Waals surface area contributed by atoms with Gasteiger partial charge in [-0.15, -0.1) is 0 Å². The molecule has 0 spiro atoms. The Hall–Kier alpha value is -4.17. The first kappa shape index (κ1) is 23.0. The molecule has 7 nitrogen and oxygen atoms in total. The quantitative estimate of drug-likeness (QED) is 0.350. The van der Waals surface area contributed by atoms with E-state index in [9.17, 15) is 14.0 Å². The maximum Gasteiger partial charge on any atom is 0.411 e. The SMILES string of the molecule is COCCOC(=O)Nc1cccc(NC(=O)c2cc3ccccc3n2Cc2ccccc2F)c1. The van der Waals surface area contributed by atoms with Crippen molar-refractivity contribution in [2.75, 3.05) is 31.0 Å². The molecule has 0 aliphatic heterocycles. The Kier molecular flexibility index (Phi) is 7.19. The number of rotatable bonds is 8. The van der Waals surface area contributed by atoms with Gasteiger partial charge in [0.05, 0.1) is 13.2 Å². The minimum absolute atomic E-state index is 0.130. The van der Waals surface area contributed by atoms with Crippen LogP contribution in [0.4, 0.5) is 20.6 Å². The van der Waals surface area contributed by atoms with Crippen LogP contribution in [0.3, 0.4) is 0 Å². The van der Waals surface area contributed by atoms with Gasteiger partial charge in [-0.25, -0.2) is 9.18 Å². The van der Waals surface area contributed by atoms with Crippen molar-refractivity contribution in [2.24, 2.45) is 0 Å². The molecule has 0 saturated heterocycles. The van der Waals surface area contributed by atoms with Gasteiger partial charge < -0.3 is 19.4 Å². The van der Waals surface area contributed by atoms with Crippen molar-refractivity contribution in [3.8, 4) is 0 Å². The third-order valence-corrected chi connectivity index (χ3v) is 5.22. The standard InChI is InChI=1S/C26H24FN3O4/c1-33-13-14-34-26(32)29-21-10-6-9-20(16-21)28-25(31)24-15-18-7-3-5-12-23(18)30(24)17-19-8-2-4-11-22(19)27/h2-12,15-16H,13-14,17H2,1H3,(H,28,31)(H,29,32). The highest BCUT2D eigenvalue weighted by molar-refractivity contribution is 6.06. The summed E-state index contributed by atoms with van der Waals surface area (Å²) in [7, 11) is 1.52. The van der Waals surface area contributed by atoms with Crippen molar-refractivity contribution in [3.05, 3.63) is 95.9 Å². The van der Waals surface area contributed by atoms with Crippen molar-refractivity contribution in [2.45, 2.75) is 6.54 Å². The van der Waals surface area contributed by atoms with Crippen LogP contribution in [0.1, 0.15) is 16.1 Å². The normalized spacial score (nSPS) is 10.8. The van der Waals surface area contributed by atoms with E-state index in [1.165, 1.54) is 13.2 Å². The number of carbonyl (C=O) groups is 2. The number of methoxy groups -OCH3 is 1. The molecule has 0 atom stereocenters. The lowest BCUT2D eigenvalue weighted by Crippen LogP contribution is -2.18. The van der Waals surface area contributed by atoms with Crippen molar-refractivity contribution in [1.29, 1.82) is 0 Å². The highest BCUT2D eigenvalue weighted by Crippen LogP contribution is 2.24. The molecule has 0 aliphatic carbocycles. The van der Waals surface area contributed by atoms with Gasteiger partial charge in [-0.05, 0) is 36.4 Å². The topological polar surface area (TPSA) is 81.6 Å². The number of amides is 2. The second-order valence-electron chi connectivity index (χ2n) is 7.55. The second-order valence-corrected chi connectivity index (χ2v) is 7.55. The van der Waals surface area contributed by atoms with Gasteiger partial charge in [0.25, 0.3) is 5.91 Å². The lowest BCUT2D eigenvalue weighted by Gasteiger charge is -2.13. The molecule has 3 aromatic carbocycles. The molecular formula is C26H24FN3O4. The van der Waals surface area contributed by atoms with Crippen LogP contribution in [0, 0.1) is 5.82 Å². The Morgan fingerprint density at radius 2 is 1.62 bits per heavy atom. The fourth-order valence-corrected chi connectivity index (χ4v) is 3.61. The number of halogens is 1. The molecule has 2 amide bonds. The number of para-hydroxylation sites is 1. The zero-order chi connectivity index (χ0) is 23.9. The van der Waals surface area contributed by atoms with Crippen LogP contribution in [0.2, 0.25) is 0 Å². The number of fused-ring (bicyclic) bond motifs is 1. The van der Waals surface area contributed by atoms with Crippen LogP contribution in [0.25, 0.3) is 10.9 Å². The number of benzene rings is 3. The van der Waals surface area contributed by atoms with E-state index in [2.05, 4.69) is 10.6 Å². The highest BCUT2D eigenvalue weighted by atomic mass is 19.1. The van der Waals surface area contributed by atoms with E-state index in [-0.39, 0.29) is 24.9 Å². The van der Waals surface area contributed by atoms with E-state index >= 15 is 0 Å². The first-order valence-electron chi connectivity index (χ1n) is 10.7. The maximum atomic E-state index is 14.3. The van der Waals surface area contributed by atoms with E-state index in [0.717, 1.165) is 10.9 Å². The van der Waals surface area contributed by atoms with Crippen LogP contribution in [-0.4, -0.2) is 36.9 Å². The first-order chi connectivity index (χ1) is 16.5. The third kappa shape index (κ3) is 5.41. The van der Waals surface area contributed by atoms with E-state index in [0.29, 0.717) is 29.2 Å². The summed E-state index contributed by atoms with van der Waals surface area (Å²) in [5.41, 5.74) is 2.65. The fraction of sp³-hybridized carbons (Fsp3) is 0.154. The Balaban J connectivity index is 1.56. The molecule has 4 rings (SSSR count). The number of hydrogen-bond acceptors (Lipinski definition) is 4. The summed E-state index contributed by atoms with van der Waals surface area (Å²) in [6, 6.07) is 22.6. The third-order valence-electron chi connectivity index (χ3n) is 5.22. The Labute approximate surface area is 196 Å². The molecule has 1 heterocycles. The average Bonchev–Trinajstić information content (AvgIpc) is 3.19. The molecule has 1 aromatic heterocycles. The molecule has 0 bridgehead atoms. The molecule has 0 fully saturated rings. The first-order valence-corrected chi connectivity index (χ1v) is 10.7. The average molecular weight is 461 g/mol. The molecule has 8 heteroatoms. The lowest BCUT2D eigenvalue weighted by molar-refractivity contribution is 0.101. The van der Waals surface area contributed by atoms with Crippen LogP contribution < -0.4 is 10.6 Å². The Morgan fingerprint density at radius 1 is 0.882 bits per heavy atom. The van der Waals surface area contributed by atoms with E-state index < -0.39 is 6.09 Å². The summed E-state index contributed by atoms with van der Waals surface area (Å²) in [6.45, 7) is 0.633. The minimum atomic E-state index is -0.620. The number of nitrogens with one attached hydrogen (secondary N) is 2. The fourth-order valence-electron chi connectivity index (χ4n) is 3.61. The van der Waals surface area contributed by atoms with Gasteiger partial charge in [-0.1, -0.05) is 42.5 Å². The maximum absolute atomic E-state index is 14.3. The van der Waals surface area contributed by atoms with Crippen LogP contribution in [0.5, 0.6) is 0 Å². The smallest absolute Gasteiger partial charge is 0.411 e. The van der Waals surface area contributed by atoms with Crippen molar-refractivity contribution >= 4 is 34.3 Å². The van der Waals surface area contributed by atoms with Crippen LogP contribution in [0.15, 0.2) is 78.9 Å². The van der Waals surface area contributed by atoms with Gasteiger partial charge >= 0.3 is 6.09 Å². The zero-order valence-electron chi connectivity index (χ0n) is 18.6. The summed E-state index contributed by atoms with van der Waals surface area (Å²) < 4.78 is 26.0. The predicted molar refractivity (Wildman–Crippen MR) is 129 cm³/mol. The monoisotopic (exact) mass is 461 g/mol. The van der Waals surface area contributed by atoms with E-state index in [4.69, 9.17) is 9.47 Å². The number of nitrogens with zero attached hydrogens (tertiary/aromatic N) is 1. The van der Waals surface area contributed by atoms with Gasteiger partial charge in [0.2, 0.25) is 0 Å². The lowest BCUT2D eigenvalue weighted by atomic mass is 10.2. The Morgan fingerprint density at radius 3 is 2.41 bits per heavy atom. The second kappa shape index (κ2) is 10.6. The molecule has 34 heavy (non-hydrogen) atoms. The summed E-state index contributed by atoms with van der Waals surface area (Å²) in [4.78, 5) is 25.1. The zero-order valence-corrected chi connectivity index (χ0v) is 18.6. The van der Waals surface area contributed by atoms with Crippen molar-refractivity contribution in [3.63, 3.8) is 0 Å². The van der Waals surface area contributed by atoms with Gasteiger partial charge in [0.15, 0.2) is 0 Å². The molecule has 2 N–H and O–H groups in total. The number of carbonyl (C=O) groups excluding carboxylic acids is 2. The number of anilines is 2. The largest absolute Gasteiger partial charge is 0.447 e. The molecule has 174 valence electrons. The van der Waals surface area contributed by atoms with Gasteiger partial charge in [-0.3, -0.25) is 10.1 Å². The van der Waals surface area contributed by atoms with E-state index in [1.54, 1.807) is 53.1 Å². The van der Waals surface area contributed by atoms with Crippen molar-refractivity contribution < 1.29 is 23.5 Å². The van der Waals surface area contributed by atoms with Gasteiger partial charge in [-0.2, -0.15) is 0 Å². The van der Waals surface area contributed by atoms with E-state index in [1.807, 2.05) is 24.3 Å². The molecule has 0 radical (unpaired) electrons. The predicted octanol–water partition coefficient (Wildman–Crippen LogP) is 5.28. The van der Waals surface area contributed by atoms with Gasteiger partial charge in [0, 0.05) is 35.0 Å². The highest BCUT2D eigenvalue weighted by Gasteiger charge is 2.17. The summed E-state index contributed by atoms with van der Waals surface area (Å²) >= 11 is 0. The molecule has 0 aliphatic rings. The number of aromatic nitrogens is 1. The molecular weight excluding hydrogens is 437 g/mol. The van der Waals surface area contributed by atoms with Crippen LogP contribution in [-0.2, 0) is 16.0 Å². The number of ether oxygens (including phenoxy) is 2. The molecule has 0 unspecified atom stereocenters. The summed E-state index contributed by atoms with van der Waals surface area (Å²) in [6.07, 6.45) is -0.620. The van der Waals surface area contributed by atoms with Crippen LogP contribution >= 0.6 is 0 Å². The molecule has 0 saturated carbocycles. The summed E-state index contributed by atoms with van der Waals surface area (Å²) in [5, 5.41) is 6.34. The molecule has 4 aromatic rings. The number of hydrogen-bond donors (Lipinski definition) is 2.